The fraction of sp³-hybridized carbons (Fsp3) is 0.231. The van der Waals surface area contributed by atoms with Gasteiger partial charge in [-0.15, -0.1) is 0 Å². The highest BCUT2D eigenvalue weighted by Gasteiger charge is 2.09. The monoisotopic (exact) mass is 306 g/mol. The molecule has 3 N–H and O–H groups in total. The van der Waals surface area contributed by atoms with Crippen molar-refractivity contribution in [1.82, 2.24) is 9.97 Å². The summed E-state index contributed by atoms with van der Waals surface area (Å²) in [5.74, 6) is 1.30. The molecule has 4 nitrogen and oxygen atoms in total. The van der Waals surface area contributed by atoms with Crippen LogP contribution >= 0.6 is 15.9 Å². The Labute approximate surface area is 115 Å². The van der Waals surface area contributed by atoms with E-state index >= 15 is 0 Å². The van der Waals surface area contributed by atoms with Crippen molar-refractivity contribution in [2.45, 2.75) is 20.3 Å². The first-order chi connectivity index (χ1) is 8.63. The molecule has 0 spiro atoms. The highest BCUT2D eigenvalue weighted by atomic mass is 79.9. The number of benzene rings is 1. The highest BCUT2D eigenvalue weighted by molar-refractivity contribution is 9.10. The molecule has 0 atom stereocenters. The summed E-state index contributed by atoms with van der Waals surface area (Å²) in [5, 5.41) is 3.31. The molecule has 0 aliphatic rings. The minimum Gasteiger partial charge on any atom is -0.383 e. The van der Waals surface area contributed by atoms with Gasteiger partial charge in [0.05, 0.1) is 0 Å². The predicted molar refractivity (Wildman–Crippen MR) is 78.0 cm³/mol. The molecule has 2 aromatic rings. The first-order valence-electron chi connectivity index (χ1n) is 5.75. The van der Waals surface area contributed by atoms with Crippen molar-refractivity contribution in [2.75, 3.05) is 11.1 Å². The molecular weight excluding hydrogens is 292 g/mol. The fourth-order valence-electron chi connectivity index (χ4n) is 1.75. The first kappa shape index (κ1) is 12.8. The third kappa shape index (κ3) is 2.46. The van der Waals surface area contributed by atoms with E-state index in [-0.39, 0.29) is 0 Å². The summed E-state index contributed by atoms with van der Waals surface area (Å²) < 4.78 is 1.06. The van der Waals surface area contributed by atoms with Gasteiger partial charge in [-0.25, -0.2) is 9.97 Å². The minimum absolute atomic E-state index is 0.530. The van der Waals surface area contributed by atoms with Crippen molar-refractivity contribution in [3.63, 3.8) is 0 Å². The number of nitrogen functional groups attached to an aromatic ring is 1. The maximum atomic E-state index is 5.85. The Hall–Kier alpha value is -1.62. The van der Waals surface area contributed by atoms with Crippen molar-refractivity contribution in [3.05, 3.63) is 40.1 Å². The van der Waals surface area contributed by atoms with E-state index in [0.717, 1.165) is 33.5 Å². The zero-order valence-electron chi connectivity index (χ0n) is 10.4. The van der Waals surface area contributed by atoms with Crippen molar-refractivity contribution < 1.29 is 0 Å². The lowest BCUT2D eigenvalue weighted by Crippen LogP contribution is -2.05. The lowest BCUT2D eigenvalue weighted by Gasteiger charge is -2.13. The molecule has 0 saturated heterocycles. The normalized spacial score (nSPS) is 10.4. The summed E-state index contributed by atoms with van der Waals surface area (Å²) in [6.45, 7) is 4.08. The molecule has 0 aliphatic carbocycles. The van der Waals surface area contributed by atoms with Gasteiger partial charge >= 0.3 is 0 Å². The number of nitrogens with two attached hydrogens (primary N) is 1. The van der Waals surface area contributed by atoms with Gasteiger partial charge in [0.2, 0.25) is 0 Å². The third-order valence-corrected chi connectivity index (χ3v) is 3.71. The number of hydrogen-bond donors (Lipinski definition) is 2. The van der Waals surface area contributed by atoms with Crippen LogP contribution in [0.25, 0.3) is 0 Å². The first-order valence-corrected chi connectivity index (χ1v) is 6.54. The summed E-state index contributed by atoms with van der Waals surface area (Å²) in [7, 11) is 0. The van der Waals surface area contributed by atoms with Crippen molar-refractivity contribution in [1.29, 1.82) is 0 Å². The molecule has 0 bridgehead atoms. The van der Waals surface area contributed by atoms with Gasteiger partial charge in [0.1, 0.15) is 18.0 Å². The average molecular weight is 307 g/mol. The molecule has 0 saturated carbocycles. The average Bonchev–Trinajstić information content (AvgIpc) is 2.35. The SMILES string of the molecule is CCc1c(N)ncnc1Nc1cccc(Br)c1C. The Bertz CT molecular complexity index is 569. The summed E-state index contributed by atoms with van der Waals surface area (Å²) >= 11 is 3.51. The third-order valence-electron chi connectivity index (χ3n) is 2.85. The summed E-state index contributed by atoms with van der Waals surface area (Å²) in [6, 6.07) is 6.00. The number of nitrogens with one attached hydrogen (secondary N) is 1. The van der Waals surface area contributed by atoms with E-state index in [1.54, 1.807) is 0 Å². The number of nitrogens with zero attached hydrogens (tertiary/aromatic N) is 2. The van der Waals surface area contributed by atoms with E-state index in [0.29, 0.717) is 5.82 Å². The Morgan fingerprint density at radius 1 is 1.33 bits per heavy atom. The van der Waals surface area contributed by atoms with Gasteiger partial charge in [-0.1, -0.05) is 28.9 Å². The van der Waals surface area contributed by atoms with Crippen molar-refractivity contribution in [3.8, 4) is 0 Å². The molecule has 1 heterocycles. The largest absolute Gasteiger partial charge is 0.383 e. The number of anilines is 3. The molecule has 5 heteroatoms. The molecule has 0 unspecified atom stereocenters. The standard InChI is InChI=1S/C13H15BrN4/c1-3-9-12(15)16-7-17-13(9)18-11-6-4-5-10(14)8(11)2/h4-7H,3H2,1-2H3,(H3,15,16,17,18). The molecular formula is C13H15BrN4. The van der Waals surface area contributed by atoms with E-state index < -0.39 is 0 Å². The van der Waals surface area contributed by atoms with Gasteiger partial charge < -0.3 is 11.1 Å². The van der Waals surface area contributed by atoms with Crippen LogP contribution in [0, 0.1) is 6.92 Å². The lowest BCUT2D eigenvalue weighted by atomic mass is 10.1. The Morgan fingerprint density at radius 2 is 2.11 bits per heavy atom. The van der Waals surface area contributed by atoms with Crippen LogP contribution in [0.4, 0.5) is 17.3 Å². The van der Waals surface area contributed by atoms with E-state index in [4.69, 9.17) is 5.73 Å². The molecule has 1 aromatic carbocycles. The van der Waals surface area contributed by atoms with E-state index in [9.17, 15) is 0 Å². The van der Waals surface area contributed by atoms with E-state index in [1.165, 1.54) is 6.33 Å². The Balaban J connectivity index is 2.40. The van der Waals surface area contributed by atoms with Crippen LogP contribution in [-0.2, 0) is 6.42 Å². The van der Waals surface area contributed by atoms with Crippen LogP contribution in [0.2, 0.25) is 0 Å². The molecule has 1 aromatic heterocycles. The molecule has 18 heavy (non-hydrogen) atoms. The lowest BCUT2D eigenvalue weighted by molar-refractivity contribution is 1.06. The molecule has 94 valence electrons. The van der Waals surface area contributed by atoms with Crippen LogP contribution < -0.4 is 11.1 Å². The maximum Gasteiger partial charge on any atom is 0.139 e. The molecule has 0 fully saturated rings. The molecule has 0 aliphatic heterocycles. The van der Waals surface area contributed by atoms with E-state index in [1.807, 2.05) is 32.0 Å². The quantitative estimate of drug-likeness (QED) is 0.912. The number of hydrogen-bond acceptors (Lipinski definition) is 4. The van der Waals surface area contributed by atoms with Crippen molar-refractivity contribution >= 4 is 33.3 Å². The second kappa shape index (κ2) is 5.35. The Kier molecular flexibility index (Phi) is 3.81. The number of aromatic nitrogens is 2. The van der Waals surface area contributed by atoms with Gasteiger partial charge in [0.25, 0.3) is 0 Å². The van der Waals surface area contributed by atoms with Crippen LogP contribution in [0.5, 0.6) is 0 Å². The maximum absolute atomic E-state index is 5.85. The van der Waals surface area contributed by atoms with Gasteiger partial charge in [0.15, 0.2) is 0 Å². The zero-order chi connectivity index (χ0) is 13.1. The van der Waals surface area contributed by atoms with Crippen LogP contribution in [0.1, 0.15) is 18.1 Å². The van der Waals surface area contributed by atoms with Crippen molar-refractivity contribution in [2.24, 2.45) is 0 Å². The topological polar surface area (TPSA) is 63.8 Å². The van der Waals surface area contributed by atoms with Gasteiger partial charge in [-0.2, -0.15) is 0 Å². The second-order valence-corrected chi connectivity index (χ2v) is 4.83. The van der Waals surface area contributed by atoms with Crippen LogP contribution in [0.15, 0.2) is 29.0 Å². The molecule has 0 amide bonds. The molecule has 0 radical (unpaired) electrons. The minimum atomic E-state index is 0.530. The summed E-state index contributed by atoms with van der Waals surface area (Å²) in [6.07, 6.45) is 2.27. The fourth-order valence-corrected chi connectivity index (χ4v) is 2.12. The number of halogens is 1. The van der Waals surface area contributed by atoms with Gasteiger partial charge in [-0.05, 0) is 31.0 Å². The van der Waals surface area contributed by atoms with Gasteiger partial charge in [0, 0.05) is 15.7 Å². The second-order valence-electron chi connectivity index (χ2n) is 3.98. The van der Waals surface area contributed by atoms with Crippen LogP contribution in [-0.4, -0.2) is 9.97 Å². The zero-order valence-corrected chi connectivity index (χ0v) is 12.0. The summed E-state index contributed by atoms with van der Waals surface area (Å²) in [5.41, 5.74) is 8.94. The predicted octanol–water partition coefficient (Wildman–Crippen LogP) is 3.44. The number of rotatable bonds is 3. The molecule has 2 rings (SSSR count). The smallest absolute Gasteiger partial charge is 0.139 e. The Morgan fingerprint density at radius 3 is 2.83 bits per heavy atom. The van der Waals surface area contributed by atoms with Crippen LogP contribution in [0.3, 0.4) is 0 Å². The highest BCUT2D eigenvalue weighted by Crippen LogP contribution is 2.28. The van der Waals surface area contributed by atoms with E-state index in [2.05, 4.69) is 31.2 Å². The van der Waals surface area contributed by atoms with Gasteiger partial charge in [-0.3, -0.25) is 0 Å². The summed E-state index contributed by atoms with van der Waals surface area (Å²) in [4.78, 5) is 8.27.